The van der Waals surface area contributed by atoms with Crippen LogP contribution in [0.2, 0.25) is 0 Å². The van der Waals surface area contributed by atoms with Gasteiger partial charge in [0.25, 0.3) is 5.69 Å². The first-order valence-corrected chi connectivity index (χ1v) is 8.45. The number of nitrogens with one attached hydrogen (secondary N) is 1. The number of benzene rings is 1. The van der Waals surface area contributed by atoms with Crippen LogP contribution >= 0.6 is 11.8 Å². The van der Waals surface area contributed by atoms with Crippen molar-refractivity contribution in [2.45, 2.75) is 24.8 Å². The third-order valence-corrected chi connectivity index (χ3v) is 4.66. The van der Waals surface area contributed by atoms with Crippen molar-refractivity contribution >= 4 is 34.1 Å². The van der Waals surface area contributed by atoms with E-state index in [9.17, 15) is 10.1 Å². The molecule has 25 heavy (non-hydrogen) atoms. The summed E-state index contributed by atoms with van der Waals surface area (Å²) < 4.78 is 1.89. The molecule has 3 aromatic heterocycles. The Bertz CT molecular complexity index is 1120. The minimum Gasteiger partial charge on any atom is -0.341 e. The Balaban J connectivity index is 1.61. The molecule has 1 aromatic carbocycles. The second kappa shape index (κ2) is 5.81. The molecule has 126 valence electrons. The number of hydrogen-bond acceptors (Lipinski definition) is 7. The smallest absolute Gasteiger partial charge is 0.271 e. The second-order valence-electron chi connectivity index (χ2n) is 5.55. The lowest BCUT2D eigenvalue weighted by Gasteiger charge is -2.03. The Labute approximate surface area is 145 Å². The quantitative estimate of drug-likeness (QED) is 0.340. The third kappa shape index (κ3) is 2.80. The van der Waals surface area contributed by atoms with Crippen molar-refractivity contribution in [3.05, 3.63) is 51.7 Å². The molecule has 10 heteroatoms. The molecular weight excluding hydrogens is 342 g/mol. The van der Waals surface area contributed by atoms with Gasteiger partial charge in [-0.1, -0.05) is 11.8 Å². The van der Waals surface area contributed by atoms with E-state index < -0.39 is 4.92 Å². The third-order valence-electron chi connectivity index (χ3n) is 3.72. The van der Waals surface area contributed by atoms with E-state index in [0.29, 0.717) is 16.8 Å². The molecule has 4 aromatic rings. The van der Waals surface area contributed by atoms with Crippen LogP contribution < -0.4 is 0 Å². The van der Waals surface area contributed by atoms with Crippen LogP contribution in [-0.2, 0) is 5.75 Å². The summed E-state index contributed by atoms with van der Waals surface area (Å²) in [5.74, 6) is 2.08. The summed E-state index contributed by atoms with van der Waals surface area (Å²) in [6.07, 6.45) is 0. The molecule has 0 bridgehead atoms. The number of imidazole rings is 1. The monoisotopic (exact) mass is 355 g/mol. The SMILES string of the molecule is Cc1cc2nnc(SCc3nc4ccc([N+](=O)[O-])cc4[nH]3)n2c(C)n1. The van der Waals surface area contributed by atoms with Crippen LogP contribution in [-0.4, -0.2) is 34.5 Å². The number of fused-ring (bicyclic) bond motifs is 2. The first-order chi connectivity index (χ1) is 12.0. The summed E-state index contributed by atoms with van der Waals surface area (Å²) in [5.41, 5.74) is 3.03. The number of H-pyrrole nitrogens is 1. The van der Waals surface area contributed by atoms with Crippen molar-refractivity contribution in [2.75, 3.05) is 0 Å². The van der Waals surface area contributed by atoms with E-state index in [2.05, 4.69) is 25.1 Å². The highest BCUT2D eigenvalue weighted by Gasteiger charge is 2.13. The van der Waals surface area contributed by atoms with Gasteiger partial charge in [0, 0.05) is 23.9 Å². The molecule has 0 fully saturated rings. The fraction of sp³-hybridized carbons (Fsp3) is 0.200. The zero-order valence-corrected chi connectivity index (χ0v) is 14.2. The first-order valence-electron chi connectivity index (χ1n) is 7.46. The number of aromatic amines is 1. The highest BCUT2D eigenvalue weighted by atomic mass is 32.2. The van der Waals surface area contributed by atoms with Crippen molar-refractivity contribution in [1.29, 1.82) is 0 Å². The van der Waals surface area contributed by atoms with Gasteiger partial charge in [-0.2, -0.15) is 0 Å². The zero-order valence-electron chi connectivity index (χ0n) is 13.4. The van der Waals surface area contributed by atoms with Gasteiger partial charge in [-0.25, -0.2) is 9.97 Å². The van der Waals surface area contributed by atoms with Crippen molar-refractivity contribution in [3.8, 4) is 0 Å². The molecule has 3 heterocycles. The minimum absolute atomic E-state index is 0.0378. The van der Waals surface area contributed by atoms with Gasteiger partial charge in [0.05, 0.1) is 21.7 Å². The minimum atomic E-state index is -0.422. The van der Waals surface area contributed by atoms with E-state index in [1.165, 1.54) is 23.9 Å². The van der Waals surface area contributed by atoms with Crippen molar-refractivity contribution in [1.82, 2.24) is 29.5 Å². The van der Waals surface area contributed by atoms with E-state index in [4.69, 9.17) is 0 Å². The van der Waals surface area contributed by atoms with E-state index in [1.807, 2.05) is 24.3 Å². The first kappa shape index (κ1) is 15.5. The lowest BCUT2D eigenvalue weighted by molar-refractivity contribution is -0.384. The molecule has 0 saturated heterocycles. The van der Waals surface area contributed by atoms with Gasteiger partial charge in [-0.15, -0.1) is 10.2 Å². The fourth-order valence-electron chi connectivity index (χ4n) is 2.66. The Hall–Kier alpha value is -3.01. The van der Waals surface area contributed by atoms with Gasteiger partial charge in [0.15, 0.2) is 10.8 Å². The number of aromatic nitrogens is 6. The Morgan fingerprint density at radius 3 is 2.88 bits per heavy atom. The molecule has 0 aliphatic rings. The lowest BCUT2D eigenvalue weighted by Crippen LogP contribution is -1.99. The predicted octanol–water partition coefficient (Wildman–Crippen LogP) is 2.82. The van der Waals surface area contributed by atoms with Gasteiger partial charge in [0.1, 0.15) is 11.6 Å². The number of rotatable bonds is 4. The summed E-state index contributed by atoms with van der Waals surface area (Å²) in [6.45, 7) is 3.83. The molecule has 0 amide bonds. The standard InChI is InChI=1S/C15H13N7O2S/c1-8-5-14-19-20-15(21(14)9(2)16-8)25-7-13-17-11-4-3-10(22(23)24)6-12(11)18-13/h3-6H,7H2,1-2H3,(H,17,18). The van der Waals surface area contributed by atoms with Crippen LogP contribution in [0.25, 0.3) is 16.7 Å². The van der Waals surface area contributed by atoms with E-state index >= 15 is 0 Å². The predicted molar refractivity (Wildman–Crippen MR) is 92.6 cm³/mol. The molecule has 0 unspecified atom stereocenters. The average Bonchev–Trinajstić information content (AvgIpc) is 3.15. The Morgan fingerprint density at radius 1 is 1.24 bits per heavy atom. The molecule has 4 rings (SSSR count). The maximum atomic E-state index is 10.9. The average molecular weight is 355 g/mol. The van der Waals surface area contributed by atoms with E-state index in [0.717, 1.165) is 28.1 Å². The van der Waals surface area contributed by atoms with Crippen LogP contribution in [0.4, 0.5) is 5.69 Å². The Kier molecular flexibility index (Phi) is 3.61. The highest BCUT2D eigenvalue weighted by Crippen LogP contribution is 2.24. The van der Waals surface area contributed by atoms with Crippen LogP contribution in [0.3, 0.4) is 0 Å². The van der Waals surface area contributed by atoms with Crippen molar-refractivity contribution < 1.29 is 4.92 Å². The highest BCUT2D eigenvalue weighted by molar-refractivity contribution is 7.98. The molecule has 1 N–H and O–H groups in total. The van der Waals surface area contributed by atoms with Crippen LogP contribution in [0, 0.1) is 24.0 Å². The number of non-ortho nitro benzene ring substituents is 1. The zero-order chi connectivity index (χ0) is 17.6. The van der Waals surface area contributed by atoms with Gasteiger partial charge >= 0.3 is 0 Å². The maximum absolute atomic E-state index is 10.9. The number of nitro benzene ring substituents is 1. The molecule has 0 atom stereocenters. The number of hydrogen-bond donors (Lipinski definition) is 1. The lowest BCUT2D eigenvalue weighted by atomic mass is 10.3. The number of aryl methyl sites for hydroxylation is 2. The summed E-state index contributed by atoms with van der Waals surface area (Å²) in [5, 5.41) is 20.0. The van der Waals surface area contributed by atoms with Gasteiger partial charge in [-0.05, 0) is 19.9 Å². The molecule has 0 aliphatic heterocycles. The van der Waals surface area contributed by atoms with Crippen molar-refractivity contribution in [3.63, 3.8) is 0 Å². The molecule has 0 saturated carbocycles. The largest absolute Gasteiger partial charge is 0.341 e. The summed E-state index contributed by atoms with van der Waals surface area (Å²) in [7, 11) is 0. The molecule has 9 nitrogen and oxygen atoms in total. The van der Waals surface area contributed by atoms with E-state index in [1.54, 1.807) is 6.07 Å². The molecule has 0 spiro atoms. The molecule has 0 aliphatic carbocycles. The van der Waals surface area contributed by atoms with Crippen molar-refractivity contribution in [2.24, 2.45) is 0 Å². The van der Waals surface area contributed by atoms with Gasteiger partial charge < -0.3 is 4.98 Å². The van der Waals surface area contributed by atoms with Gasteiger partial charge in [0.2, 0.25) is 0 Å². The van der Waals surface area contributed by atoms with E-state index in [-0.39, 0.29) is 5.69 Å². The van der Waals surface area contributed by atoms with Crippen LogP contribution in [0.15, 0.2) is 29.4 Å². The topological polar surface area (TPSA) is 115 Å². The van der Waals surface area contributed by atoms with Gasteiger partial charge in [-0.3, -0.25) is 14.5 Å². The van der Waals surface area contributed by atoms with Crippen LogP contribution in [0.5, 0.6) is 0 Å². The summed E-state index contributed by atoms with van der Waals surface area (Å²) in [6, 6.07) is 6.45. The second-order valence-corrected chi connectivity index (χ2v) is 6.49. The molecular formula is C15H13N7O2S. The Morgan fingerprint density at radius 2 is 2.08 bits per heavy atom. The number of nitrogens with zero attached hydrogens (tertiary/aromatic N) is 6. The van der Waals surface area contributed by atoms with Crippen LogP contribution in [0.1, 0.15) is 17.3 Å². The number of thioether (sulfide) groups is 1. The number of nitro groups is 1. The summed E-state index contributed by atoms with van der Waals surface area (Å²) in [4.78, 5) is 22.4. The molecule has 0 radical (unpaired) electrons. The normalized spacial score (nSPS) is 11.4. The summed E-state index contributed by atoms with van der Waals surface area (Å²) >= 11 is 1.48. The maximum Gasteiger partial charge on any atom is 0.271 e. The fourth-order valence-corrected chi connectivity index (χ4v) is 3.52.